The van der Waals surface area contributed by atoms with Crippen LogP contribution in [0, 0.1) is 0 Å². The second kappa shape index (κ2) is 6.77. The van der Waals surface area contributed by atoms with Gasteiger partial charge in [0.25, 0.3) is 5.91 Å². The number of carbonyl (C=O) groups is 3. The number of aliphatic hydroxyl groups is 1. The predicted molar refractivity (Wildman–Crippen MR) is 97.1 cm³/mol. The van der Waals surface area contributed by atoms with Gasteiger partial charge in [0.1, 0.15) is 11.3 Å². The number of hydrogen-bond acceptors (Lipinski definition) is 5. The van der Waals surface area contributed by atoms with Crippen LogP contribution in [0.1, 0.15) is 28.9 Å². The molecule has 0 radical (unpaired) electrons. The molecule has 1 atom stereocenters. The zero-order valence-corrected chi connectivity index (χ0v) is 14.8. The van der Waals surface area contributed by atoms with Crippen LogP contribution < -0.4 is 4.90 Å². The highest BCUT2D eigenvalue weighted by atomic mass is 35.5. The van der Waals surface area contributed by atoms with Gasteiger partial charge in [0.15, 0.2) is 11.5 Å². The SMILES string of the molecule is CC(=O)C1=C(O)C(=O)N(c2ccc(O)c(C(=O)O)c2)C1c1ccc(Cl)cc1. The molecule has 0 aliphatic carbocycles. The van der Waals surface area contributed by atoms with E-state index in [4.69, 9.17) is 11.6 Å². The molecule has 27 heavy (non-hydrogen) atoms. The highest BCUT2D eigenvalue weighted by Gasteiger charge is 2.43. The summed E-state index contributed by atoms with van der Waals surface area (Å²) in [4.78, 5) is 37.2. The van der Waals surface area contributed by atoms with E-state index in [9.17, 15) is 29.7 Å². The van der Waals surface area contributed by atoms with E-state index < -0.39 is 40.8 Å². The fourth-order valence-electron chi connectivity index (χ4n) is 3.04. The number of nitrogens with zero attached hydrogens (tertiary/aromatic N) is 1. The summed E-state index contributed by atoms with van der Waals surface area (Å²) >= 11 is 5.90. The molecular formula is C19H14ClNO6. The largest absolute Gasteiger partial charge is 0.507 e. The monoisotopic (exact) mass is 387 g/mol. The highest BCUT2D eigenvalue weighted by Crippen LogP contribution is 2.42. The summed E-state index contributed by atoms with van der Waals surface area (Å²) in [6, 6.07) is 8.97. The maximum Gasteiger partial charge on any atom is 0.339 e. The Morgan fingerprint density at radius 3 is 2.26 bits per heavy atom. The Morgan fingerprint density at radius 1 is 1.07 bits per heavy atom. The molecule has 2 aromatic rings. The van der Waals surface area contributed by atoms with E-state index >= 15 is 0 Å². The van der Waals surface area contributed by atoms with Crippen LogP contribution >= 0.6 is 11.6 Å². The normalized spacial score (nSPS) is 16.7. The van der Waals surface area contributed by atoms with Gasteiger partial charge in [-0.3, -0.25) is 14.5 Å². The molecule has 3 rings (SSSR count). The average Bonchev–Trinajstić information content (AvgIpc) is 2.87. The first-order valence-electron chi connectivity index (χ1n) is 7.81. The molecule has 0 saturated heterocycles. The Morgan fingerprint density at radius 2 is 1.70 bits per heavy atom. The molecule has 1 unspecified atom stereocenters. The average molecular weight is 388 g/mol. The van der Waals surface area contributed by atoms with Gasteiger partial charge in [-0.15, -0.1) is 0 Å². The number of carboxylic acid groups (broad SMARTS) is 1. The molecule has 2 aromatic carbocycles. The fraction of sp³-hybridized carbons (Fsp3) is 0.105. The Hall–Kier alpha value is -3.32. The van der Waals surface area contributed by atoms with Gasteiger partial charge in [0.2, 0.25) is 0 Å². The van der Waals surface area contributed by atoms with Crippen LogP contribution in [0.2, 0.25) is 5.02 Å². The minimum atomic E-state index is -1.38. The van der Waals surface area contributed by atoms with Crippen LogP contribution in [0.3, 0.4) is 0 Å². The summed E-state index contributed by atoms with van der Waals surface area (Å²) in [6.45, 7) is 1.23. The first-order valence-corrected chi connectivity index (χ1v) is 8.19. The number of aromatic hydroxyl groups is 1. The van der Waals surface area contributed by atoms with E-state index in [0.717, 1.165) is 17.0 Å². The quantitative estimate of drug-likeness (QED) is 0.741. The molecule has 1 heterocycles. The van der Waals surface area contributed by atoms with Crippen molar-refractivity contribution in [3.8, 4) is 5.75 Å². The number of carbonyl (C=O) groups excluding carboxylic acids is 2. The molecule has 8 heteroatoms. The molecule has 138 valence electrons. The Labute approximate surface area is 158 Å². The molecule has 1 amide bonds. The molecule has 3 N–H and O–H groups in total. The number of hydrogen-bond donors (Lipinski definition) is 3. The number of anilines is 1. The van der Waals surface area contributed by atoms with Gasteiger partial charge in [-0.25, -0.2) is 4.79 Å². The summed E-state index contributed by atoms with van der Waals surface area (Å²) < 4.78 is 0. The van der Waals surface area contributed by atoms with Crippen LogP contribution in [0.15, 0.2) is 53.8 Å². The molecule has 0 fully saturated rings. The number of aromatic carboxylic acids is 1. The zero-order valence-electron chi connectivity index (χ0n) is 14.0. The van der Waals surface area contributed by atoms with E-state index in [-0.39, 0.29) is 11.3 Å². The minimum absolute atomic E-state index is 0.104. The maximum atomic E-state index is 12.7. The van der Waals surface area contributed by atoms with Gasteiger partial charge in [0.05, 0.1) is 11.6 Å². The number of halogens is 1. The number of carboxylic acids is 1. The number of Topliss-reactive ketones (excluding diaryl/α,β-unsaturated/α-hetero) is 1. The van der Waals surface area contributed by atoms with Crippen LogP contribution in [0.25, 0.3) is 0 Å². The van der Waals surface area contributed by atoms with Gasteiger partial charge < -0.3 is 15.3 Å². The van der Waals surface area contributed by atoms with Crippen LogP contribution in [0.5, 0.6) is 5.75 Å². The summed E-state index contributed by atoms with van der Waals surface area (Å²) in [5.41, 5.74) is 0.100. The number of aliphatic hydroxyl groups excluding tert-OH is 1. The number of amides is 1. The molecular weight excluding hydrogens is 374 g/mol. The van der Waals surface area contributed by atoms with Crippen molar-refractivity contribution >= 4 is 34.9 Å². The van der Waals surface area contributed by atoms with Gasteiger partial charge >= 0.3 is 5.97 Å². The molecule has 1 aliphatic rings. The molecule has 0 saturated carbocycles. The van der Waals surface area contributed by atoms with E-state index in [0.29, 0.717) is 10.6 Å². The highest BCUT2D eigenvalue weighted by molar-refractivity contribution is 6.30. The third-order valence-electron chi connectivity index (χ3n) is 4.26. The summed E-state index contributed by atoms with van der Waals surface area (Å²) in [5, 5.41) is 29.6. The molecule has 1 aliphatic heterocycles. The van der Waals surface area contributed by atoms with Crippen LogP contribution in [0.4, 0.5) is 5.69 Å². The second-order valence-electron chi connectivity index (χ2n) is 5.95. The van der Waals surface area contributed by atoms with E-state index in [1.165, 1.54) is 13.0 Å². The van der Waals surface area contributed by atoms with Gasteiger partial charge in [-0.1, -0.05) is 23.7 Å². The molecule has 0 bridgehead atoms. The third kappa shape index (κ3) is 3.13. The first kappa shape index (κ1) is 18.5. The zero-order chi connectivity index (χ0) is 19.9. The van der Waals surface area contributed by atoms with Crippen molar-refractivity contribution < 1.29 is 29.7 Å². The van der Waals surface area contributed by atoms with Crippen molar-refractivity contribution in [3.05, 3.63) is 69.9 Å². The summed E-state index contributed by atoms with van der Waals surface area (Å²) in [6.07, 6.45) is 0. The lowest BCUT2D eigenvalue weighted by Gasteiger charge is -2.27. The van der Waals surface area contributed by atoms with Gasteiger partial charge in [-0.05, 0) is 42.8 Å². The standard InChI is InChI=1S/C19H14ClNO6/c1-9(22)15-16(10-2-4-11(20)5-3-10)21(18(25)17(15)24)12-6-7-14(23)13(8-12)19(26)27/h2-8,16,23-24H,1H3,(H,26,27). The Balaban J connectivity index is 2.20. The third-order valence-corrected chi connectivity index (χ3v) is 4.51. The van der Waals surface area contributed by atoms with Gasteiger partial charge in [0, 0.05) is 10.7 Å². The van der Waals surface area contributed by atoms with Crippen LogP contribution in [-0.2, 0) is 9.59 Å². The van der Waals surface area contributed by atoms with Crippen molar-refractivity contribution in [1.29, 1.82) is 0 Å². The maximum absolute atomic E-state index is 12.7. The topological polar surface area (TPSA) is 115 Å². The van der Waals surface area contributed by atoms with Crippen molar-refractivity contribution in [2.75, 3.05) is 4.90 Å². The van der Waals surface area contributed by atoms with Gasteiger partial charge in [-0.2, -0.15) is 0 Å². The lowest BCUT2D eigenvalue weighted by Crippen LogP contribution is -2.31. The molecule has 0 aromatic heterocycles. The van der Waals surface area contributed by atoms with Crippen molar-refractivity contribution in [3.63, 3.8) is 0 Å². The summed E-state index contributed by atoms with van der Waals surface area (Å²) in [7, 11) is 0. The first-order chi connectivity index (χ1) is 12.7. The van der Waals surface area contributed by atoms with Crippen molar-refractivity contribution in [2.45, 2.75) is 13.0 Å². The molecule has 7 nitrogen and oxygen atoms in total. The second-order valence-corrected chi connectivity index (χ2v) is 6.39. The number of rotatable bonds is 4. The minimum Gasteiger partial charge on any atom is -0.507 e. The van der Waals surface area contributed by atoms with Crippen molar-refractivity contribution in [1.82, 2.24) is 0 Å². The van der Waals surface area contributed by atoms with E-state index in [1.807, 2.05) is 0 Å². The lowest BCUT2D eigenvalue weighted by atomic mass is 9.96. The van der Waals surface area contributed by atoms with E-state index in [1.54, 1.807) is 24.3 Å². The summed E-state index contributed by atoms with van der Waals surface area (Å²) in [5.74, 6) is -3.90. The Bertz CT molecular complexity index is 996. The number of benzene rings is 2. The number of phenols is 1. The van der Waals surface area contributed by atoms with Crippen LogP contribution in [-0.4, -0.2) is 33.0 Å². The Kier molecular flexibility index (Phi) is 4.63. The fourth-order valence-corrected chi connectivity index (χ4v) is 3.16. The molecule has 0 spiro atoms. The predicted octanol–water partition coefficient (Wildman–Crippen LogP) is 3.23. The number of ketones is 1. The lowest BCUT2D eigenvalue weighted by molar-refractivity contribution is -0.117. The van der Waals surface area contributed by atoms with Crippen molar-refractivity contribution in [2.24, 2.45) is 0 Å². The van der Waals surface area contributed by atoms with E-state index in [2.05, 4.69) is 0 Å². The smallest absolute Gasteiger partial charge is 0.339 e.